The molecule has 0 spiro atoms. The summed E-state index contributed by atoms with van der Waals surface area (Å²) in [5.74, 6) is 0. The maximum Gasteiger partial charge on any atom is 0.0971 e. The van der Waals surface area contributed by atoms with E-state index in [1.807, 2.05) is 0 Å². The van der Waals surface area contributed by atoms with Crippen LogP contribution in [0.4, 0.5) is 0 Å². The molecule has 3 rings (SSSR count). The van der Waals surface area contributed by atoms with E-state index in [-0.39, 0.29) is 0 Å². The zero-order valence-corrected chi connectivity index (χ0v) is 10.9. The van der Waals surface area contributed by atoms with Gasteiger partial charge in [0.1, 0.15) is 0 Å². The van der Waals surface area contributed by atoms with Crippen molar-refractivity contribution >= 4 is 0 Å². The predicted octanol–water partition coefficient (Wildman–Crippen LogP) is 2.42. The monoisotopic (exact) mass is 235 g/mol. The van der Waals surface area contributed by atoms with Gasteiger partial charge in [-0.2, -0.15) is 0 Å². The van der Waals surface area contributed by atoms with E-state index in [0.717, 1.165) is 0 Å². The first-order valence-corrected chi connectivity index (χ1v) is 7.39. The summed E-state index contributed by atoms with van der Waals surface area (Å²) in [5.41, 5.74) is 0. The van der Waals surface area contributed by atoms with Gasteiger partial charge in [0.15, 0.2) is 0 Å². The van der Waals surface area contributed by atoms with Crippen LogP contribution in [-0.2, 0) is 0 Å². The van der Waals surface area contributed by atoms with Crippen LogP contribution >= 0.6 is 0 Å². The van der Waals surface area contributed by atoms with Crippen molar-refractivity contribution in [1.82, 2.24) is 14.9 Å². The largest absolute Gasteiger partial charge is 0.296 e. The molecule has 3 aliphatic heterocycles. The fraction of sp³-hybridized carbons (Fsp3) is 0.857. The van der Waals surface area contributed by atoms with E-state index in [9.17, 15) is 0 Å². The number of piperidine rings is 1. The molecule has 0 aromatic carbocycles. The second kappa shape index (κ2) is 5.40. The maximum atomic E-state index is 2.69. The molecule has 3 heteroatoms. The molecule has 2 fully saturated rings. The van der Waals surface area contributed by atoms with Gasteiger partial charge in [0.2, 0.25) is 0 Å². The third-order valence-corrected chi connectivity index (χ3v) is 4.38. The van der Waals surface area contributed by atoms with Crippen LogP contribution < -0.4 is 0 Å². The highest BCUT2D eigenvalue weighted by atomic mass is 15.7. The van der Waals surface area contributed by atoms with Gasteiger partial charge < -0.3 is 0 Å². The fourth-order valence-electron chi connectivity index (χ4n) is 3.44. The van der Waals surface area contributed by atoms with E-state index < -0.39 is 0 Å². The molecule has 17 heavy (non-hydrogen) atoms. The Bertz CT molecular complexity index is 265. The second-order valence-electron chi connectivity index (χ2n) is 5.58. The molecule has 3 nitrogen and oxygen atoms in total. The van der Waals surface area contributed by atoms with Gasteiger partial charge in [0.25, 0.3) is 0 Å². The van der Waals surface area contributed by atoms with Crippen LogP contribution in [0.2, 0.25) is 0 Å². The minimum absolute atomic E-state index is 0.653. The Morgan fingerprint density at radius 2 is 1.53 bits per heavy atom. The van der Waals surface area contributed by atoms with Gasteiger partial charge in [-0.1, -0.05) is 12.5 Å². The van der Waals surface area contributed by atoms with Crippen molar-refractivity contribution in [2.75, 3.05) is 26.2 Å². The quantitative estimate of drug-likeness (QED) is 0.728. The summed E-state index contributed by atoms with van der Waals surface area (Å²) in [6.07, 6.45) is 14.9. The van der Waals surface area contributed by atoms with E-state index in [2.05, 4.69) is 27.2 Å². The summed E-state index contributed by atoms with van der Waals surface area (Å²) in [4.78, 5) is 2.69. The molecule has 1 unspecified atom stereocenters. The summed E-state index contributed by atoms with van der Waals surface area (Å²) >= 11 is 0. The number of likely N-dealkylation sites (tertiary alicyclic amines) is 1. The van der Waals surface area contributed by atoms with Crippen molar-refractivity contribution < 1.29 is 0 Å². The van der Waals surface area contributed by atoms with Crippen molar-refractivity contribution in [1.29, 1.82) is 0 Å². The third-order valence-electron chi connectivity index (χ3n) is 4.38. The average Bonchev–Trinajstić information content (AvgIpc) is 2.94. The first-order valence-electron chi connectivity index (χ1n) is 7.39. The molecule has 0 N–H and O–H groups in total. The molecule has 0 amide bonds. The van der Waals surface area contributed by atoms with Crippen LogP contribution in [0.5, 0.6) is 0 Å². The van der Waals surface area contributed by atoms with Crippen molar-refractivity contribution in [2.24, 2.45) is 0 Å². The highest BCUT2D eigenvalue weighted by molar-refractivity contribution is 4.93. The third kappa shape index (κ3) is 2.50. The zero-order valence-electron chi connectivity index (χ0n) is 10.9. The molecule has 0 saturated carbocycles. The Hall–Kier alpha value is -0.540. The second-order valence-corrected chi connectivity index (χ2v) is 5.58. The highest BCUT2D eigenvalue weighted by Crippen LogP contribution is 2.25. The first kappa shape index (κ1) is 11.5. The normalized spacial score (nSPS) is 32.2. The number of rotatable bonds is 2. The number of hydrogen-bond donors (Lipinski definition) is 0. The molecule has 3 heterocycles. The molecule has 0 aromatic heterocycles. The van der Waals surface area contributed by atoms with Gasteiger partial charge in [-0.15, -0.1) is 0 Å². The minimum atomic E-state index is 0.653. The average molecular weight is 235 g/mol. The Kier molecular flexibility index (Phi) is 3.67. The minimum Gasteiger partial charge on any atom is -0.296 e. The van der Waals surface area contributed by atoms with E-state index in [1.165, 1.54) is 71.1 Å². The molecule has 96 valence electrons. The van der Waals surface area contributed by atoms with Crippen LogP contribution in [0.1, 0.15) is 44.9 Å². The topological polar surface area (TPSA) is 9.72 Å². The predicted molar refractivity (Wildman–Crippen MR) is 70.2 cm³/mol. The fourth-order valence-corrected chi connectivity index (χ4v) is 3.44. The number of hydrogen-bond acceptors (Lipinski definition) is 3. The van der Waals surface area contributed by atoms with Gasteiger partial charge in [0, 0.05) is 32.4 Å². The van der Waals surface area contributed by atoms with E-state index in [0.29, 0.717) is 6.17 Å². The summed E-state index contributed by atoms with van der Waals surface area (Å²) < 4.78 is 0. The molecule has 0 bridgehead atoms. The maximum absolute atomic E-state index is 2.69. The highest BCUT2D eigenvalue weighted by Gasteiger charge is 2.30. The zero-order chi connectivity index (χ0) is 11.5. The lowest BCUT2D eigenvalue weighted by molar-refractivity contribution is -0.0873. The number of allylic oxidation sites excluding steroid dienone is 1. The lowest BCUT2D eigenvalue weighted by Crippen LogP contribution is -2.54. The molecule has 0 aromatic rings. The van der Waals surface area contributed by atoms with Crippen LogP contribution in [0.25, 0.3) is 0 Å². The van der Waals surface area contributed by atoms with Crippen molar-refractivity contribution in [2.45, 2.75) is 51.1 Å². The number of hydrazine groups is 1. The van der Waals surface area contributed by atoms with Crippen LogP contribution in [0.15, 0.2) is 12.3 Å². The molecular weight excluding hydrogens is 210 g/mol. The summed E-state index contributed by atoms with van der Waals surface area (Å²) in [6, 6.07) is 0. The lowest BCUT2D eigenvalue weighted by atomic mass is 10.1. The molecular formula is C14H25N3. The first-order chi connectivity index (χ1) is 8.45. The summed E-state index contributed by atoms with van der Waals surface area (Å²) in [5, 5.41) is 5.14. The van der Waals surface area contributed by atoms with Gasteiger partial charge in [-0.3, -0.25) is 9.91 Å². The van der Waals surface area contributed by atoms with E-state index in [4.69, 9.17) is 0 Å². The van der Waals surface area contributed by atoms with Crippen molar-refractivity contribution in [3.8, 4) is 0 Å². The van der Waals surface area contributed by atoms with Crippen molar-refractivity contribution in [3.05, 3.63) is 12.3 Å². The van der Waals surface area contributed by atoms with Crippen LogP contribution in [0.3, 0.4) is 0 Å². The van der Waals surface area contributed by atoms with Crippen LogP contribution in [0, 0.1) is 0 Å². The smallest absolute Gasteiger partial charge is 0.0971 e. The van der Waals surface area contributed by atoms with Gasteiger partial charge in [0.05, 0.1) is 6.17 Å². The molecule has 3 aliphatic rings. The Morgan fingerprint density at radius 1 is 0.824 bits per heavy atom. The lowest BCUT2D eigenvalue weighted by Gasteiger charge is -2.46. The molecule has 1 atom stereocenters. The van der Waals surface area contributed by atoms with Gasteiger partial charge >= 0.3 is 0 Å². The summed E-state index contributed by atoms with van der Waals surface area (Å²) in [6.45, 7) is 5.13. The molecule has 0 aliphatic carbocycles. The van der Waals surface area contributed by atoms with E-state index >= 15 is 0 Å². The van der Waals surface area contributed by atoms with Gasteiger partial charge in [-0.05, 0) is 38.5 Å². The molecule has 2 saturated heterocycles. The van der Waals surface area contributed by atoms with Gasteiger partial charge in [-0.25, -0.2) is 5.01 Å². The van der Waals surface area contributed by atoms with E-state index in [1.54, 1.807) is 0 Å². The van der Waals surface area contributed by atoms with Crippen molar-refractivity contribution in [3.63, 3.8) is 0 Å². The standard InChI is InChI=1S/C14H25N3/c1-3-11-16(12-4-1)17-13-5-2-8-14(17)15-9-6-7-10-15/h5,13-14H,1-4,6-12H2. The number of nitrogens with zero attached hydrogens (tertiary/aromatic N) is 3. The Morgan fingerprint density at radius 3 is 2.29 bits per heavy atom. The molecule has 0 radical (unpaired) electrons. The SMILES string of the molecule is C1=CN(N2CCCCC2)C(N2CCCC2)CC1. The Labute approximate surface area is 105 Å². The summed E-state index contributed by atoms with van der Waals surface area (Å²) in [7, 11) is 0. The Balaban J connectivity index is 1.69. The van der Waals surface area contributed by atoms with Crippen LogP contribution in [-0.4, -0.2) is 47.3 Å².